The molecule has 26 heavy (non-hydrogen) atoms. The van der Waals surface area contributed by atoms with Gasteiger partial charge in [0.2, 0.25) is 11.6 Å². The highest BCUT2D eigenvalue weighted by molar-refractivity contribution is 6.30. The molecule has 0 radical (unpaired) electrons. The van der Waals surface area contributed by atoms with Crippen LogP contribution >= 0.6 is 11.6 Å². The van der Waals surface area contributed by atoms with Crippen LogP contribution in [-0.4, -0.2) is 58.0 Å². The van der Waals surface area contributed by atoms with E-state index in [0.29, 0.717) is 16.7 Å². The Hall–Kier alpha value is -2.52. The molecule has 2 aromatic heterocycles. The van der Waals surface area contributed by atoms with E-state index in [1.807, 2.05) is 11.9 Å². The Balaban J connectivity index is 1.90. The van der Waals surface area contributed by atoms with Crippen LogP contribution in [0.15, 0.2) is 24.7 Å². The van der Waals surface area contributed by atoms with Crippen LogP contribution in [0.3, 0.4) is 0 Å². The van der Waals surface area contributed by atoms with Crippen LogP contribution in [0.2, 0.25) is 5.02 Å². The van der Waals surface area contributed by atoms with Gasteiger partial charge in [-0.15, -0.1) is 0 Å². The Bertz CT molecular complexity index is 779. The van der Waals surface area contributed by atoms with Crippen LogP contribution < -0.4 is 10.2 Å². The lowest BCUT2D eigenvalue weighted by atomic mass is 10.0. The molecule has 1 N–H and O–H groups in total. The largest absolute Gasteiger partial charge is 0.353 e. The molecule has 9 nitrogen and oxygen atoms in total. The van der Waals surface area contributed by atoms with Gasteiger partial charge in [-0.2, -0.15) is 0 Å². The summed E-state index contributed by atoms with van der Waals surface area (Å²) in [5.41, 5.74) is -0.161. The van der Waals surface area contributed by atoms with Crippen molar-refractivity contribution < 1.29 is 4.92 Å². The number of nitrogens with zero attached hydrogens (tertiary/aromatic N) is 6. The molecule has 0 atom stereocenters. The number of likely N-dealkylation sites (tertiary alicyclic amines) is 1. The van der Waals surface area contributed by atoms with Crippen LogP contribution in [0.5, 0.6) is 0 Å². The zero-order valence-electron chi connectivity index (χ0n) is 14.6. The molecule has 3 heterocycles. The summed E-state index contributed by atoms with van der Waals surface area (Å²) in [6, 6.07) is 3.48. The second-order valence-corrected chi connectivity index (χ2v) is 6.72. The molecule has 0 saturated carbocycles. The van der Waals surface area contributed by atoms with E-state index in [0.717, 1.165) is 25.9 Å². The second kappa shape index (κ2) is 7.79. The van der Waals surface area contributed by atoms with E-state index in [-0.39, 0.29) is 17.5 Å². The van der Waals surface area contributed by atoms with E-state index in [1.165, 1.54) is 12.5 Å². The van der Waals surface area contributed by atoms with Crippen LogP contribution in [0.25, 0.3) is 0 Å². The maximum Gasteiger partial charge on any atom is 0.353 e. The lowest BCUT2D eigenvalue weighted by molar-refractivity contribution is -0.383. The molecule has 138 valence electrons. The average molecular weight is 378 g/mol. The third kappa shape index (κ3) is 4.00. The summed E-state index contributed by atoms with van der Waals surface area (Å²) in [6.45, 7) is 1.90. The van der Waals surface area contributed by atoms with Gasteiger partial charge >= 0.3 is 5.69 Å². The number of pyridine rings is 1. The van der Waals surface area contributed by atoms with E-state index in [2.05, 4.69) is 32.2 Å². The minimum Gasteiger partial charge on any atom is -0.351 e. The number of nitro groups is 1. The number of anilines is 3. The predicted octanol–water partition coefficient (Wildman–Crippen LogP) is 2.71. The van der Waals surface area contributed by atoms with E-state index >= 15 is 0 Å². The first-order valence-electron chi connectivity index (χ1n) is 8.25. The molecule has 0 unspecified atom stereocenters. The third-order valence-corrected chi connectivity index (χ3v) is 4.75. The monoisotopic (exact) mass is 377 g/mol. The first-order chi connectivity index (χ1) is 12.5. The fraction of sp³-hybridized carbons (Fsp3) is 0.438. The van der Waals surface area contributed by atoms with Crippen molar-refractivity contribution in [3.05, 3.63) is 39.8 Å². The molecular weight excluding hydrogens is 358 g/mol. The zero-order chi connectivity index (χ0) is 18.7. The van der Waals surface area contributed by atoms with Gasteiger partial charge in [0.1, 0.15) is 12.1 Å². The molecule has 1 aliphatic rings. The lowest BCUT2D eigenvalue weighted by Crippen LogP contribution is -2.42. The van der Waals surface area contributed by atoms with Gasteiger partial charge in [-0.25, -0.2) is 15.0 Å². The quantitative estimate of drug-likeness (QED) is 0.627. The van der Waals surface area contributed by atoms with Gasteiger partial charge < -0.3 is 15.1 Å². The molecule has 0 bridgehead atoms. The Labute approximate surface area is 156 Å². The number of piperidine rings is 1. The van der Waals surface area contributed by atoms with E-state index < -0.39 is 4.92 Å². The molecule has 2 aromatic rings. The molecule has 0 amide bonds. The summed E-state index contributed by atoms with van der Waals surface area (Å²) in [4.78, 5) is 27.7. The fourth-order valence-electron chi connectivity index (χ4n) is 3.01. The summed E-state index contributed by atoms with van der Waals surface area (Å²) < 4.78 is 0. The van der Waals surface area contributed by atoms with E-state index in [9.17, 15) is 10.1 Å². The minimum atomic E-state index is -0.459. The molecule has 0 aliphatic carbocycles. The van der Waals surface area contributed by atoms with Gasteiger partial charge in [0, 0.05) is 19.3 Å². The van der Waals surface area contributed by atoms with Crippen molar-refractivity contribution in [1.29, 1.82) is 0 Å². The molecule has 1 fully saturated rings. The van der Waals surface area contributed by atoms with Gasteiger partial charge in [0.15, 0.2) is 0 Å². The molecule has 0 spiro atoms. The highest BCUT2D eigenvalue weighted by Gasteiger charge is 2.30. The SMILES string of the molecule is CN1CCC(N(C)c2ncnc(Nc3ccc(Cl)cn3)c2[N+](=O)[O-])CC1. The summed E-state index contributed by atoms with van der Waals surface area (Å²) >= 11 is 5.83. The third-order valence-electron chi connectivity index (χ3n) is 4.53. The number of hydrogen-bond acceptors (Lipinski definition) is 8. The van der Waals surface area contributed by atoms with Crippen LogP contribution in [0.1, 0.15) is 12.8 Å². The summed E-state index contributed by atoms with van der Waals surface area (Å²) in [6.07, 6.45) is 4.64. The van der Waals surface area contributed by atoms with Crippen LogP contribution in [0.4, 0.5) is 23.1 Å². The van der Waals surface area contributed by atoms with Gasteiger partial charge in [-0.3, -0.25) is 10.1 Å². The molecule has 1 aliphatic heterocycles. The van der Waals surface area contributed by atoms with Crippen molar-refractivity contribution in [2.24, 2.45) is 0 Å². The number of aromatic nitrogens is 3. The summed E-state index contributed by atoms with van der Waals surface area (Å²) in [5, 5.41) is 15.1. The highest BCUT2D eigenvalue weighted by Crippen LogP contribution is 2.34. The van der Waals surface area contributed by atoms with Gasteiger partial charge in [-0.05, 0) is 45.1 Å². The maximum absolute atomic E-state index is 11.7. The van der Waals surface area contributed by atoms with Crippen molar-refractivity contribution in [2.75, 3.05) is 37.4 Å². The molecule has 10 heteroatoms. The summed E-state index contributed by atoms with van der Waals surface area (Å²) in [7, 11) is 3.92. The minimum absolute atomic E-state index is 0.106. The van der Waals surface area contributed by atoms with E-state index in [1.54, 1.807) is 12.1 Å². The highest BCUT2D eigenvalue weighted by atomic mass is 35.5. The summed E-state index contributed by atoms with van der Waals surface area (Å²) in [5.74, 6) is 0.828. The van der Waals surface area contributed by atoms with Crippen molar-refractivity contribution in [2.45, 2.75) is 18.9 Å². The Kier molecular flexibility index (Phi) is 5.48. The van der Waals surface area contributed by atoms with Gasteiger partial charge in [-0.1, -0.05) is 11.6 Å². The topological polar surface area (TPSA) is 100 Å². The van der Waals surface area contributed by atoms with Crippen molar-refractivity contribution in [1.82, 2.24) is 19.9 Å². The second-order valence-electron chi connectivity index (χ2n) is 6.28. The number of halogens is 1. The molecule has 0 aromatic carbocycles. The Morgan fingerprint density at radius 2 is 2.04 bits per heavy atom. The normalized spacial score (nSPS) is 15.7. The first-order valence-corrected chi connectivity index (χ1v) is 8.63. The molecule has 1 saturated heterocycles. The predicted molar refractivity (Wildman–Crippen MR) is 100 cm³/mol. The fourth-order valence-corrected chi connectivity index (χ4v) is 3.13. The zero-order valence-corrected chi connectivity index (χ0v) is 15.3. The number of rotatable bonds is 5. The molecular formula is C16H20ClN7O2. The maximum atomic E-state index is 11.7. The van der Waals surface area contributed by atoms with E-state index in [4.69, 9.17) is 11.6 Å². The molecule has 3 rings (SSSR count). The first kappa shape index (κ1) is 18.3. The van der Waals surface area contributed by atoms with Crippen LogP contribution in [-0.2, 0) is 0 Å². The van der Waals surface area contributed by atoms with Crippen molar-refractivity contribution >= 4 is 34.7 Å². The van der Waals surface area contributed by atoms with Gasteiger partial charge in [0.05, 0.1) is 9.95 Å². The number of nitrogens with one attached hydrogen (secondary N) is 1. The van der Waals surface area contributed by atoms with Crippen molar-refractivity contribution in [3.8, 4) is 0 Å². The smallest absolute Gasteiger partial charge is 0.351 e. The van der Waals surface area contributed by atoms with Crippen molar-refractivity contribution in [3.63, 3.8) is 0 Å². The Morgan fingerprint density at radius 3 is 2.65 bits per heavy atom. The number of hydrogen-bond donors (Lipinski definition) is 1. The lowest BCUT2D eigenvalue weighted by Gasteiger charge is -2.35. The Morgan fingerprint density at radius 1 is 1.31 bits per heavy atom. The standard InChI is InChI=1S/C16H20ClN7O2/c1-22-7-5-12(6-8-22)23(2)16-14(24(25)26)15(19-10-20-16)21-13-4-3-11(17)9-18-13/h3-4,9-10,12H,5-8H2,1-2H3,(H,18,19,20,21). The van der Waals surface area contributed by atoms with Crippen LogP contribution in [0, 0.1) is 10.1 Å². The average Bonchev–Trinajstić information content (AvgIpc) is 2.63. The van der Waals surface area contributed by atoms with Gasteiger partial charge in [0.25, 0.3) is 0 Å².